The van der Waals surface area contributed by atoms with Crippen LogP contribution in [0, 0.1) is 5.82 Å². The number of likely N-dealkylation sites (tertiary alicyclic amines) is 1. The van der Waals surface area contributed by atoms with Crippen LogP contribution in [0.1, 0.15) is 28.7 Å². The lowest BCUT2D eigenvalue weighted by molar-refractivity contribution is 0.0498. The molecule has 5 rings (SSSR count). The average Bonchev–Trinajstić information content (AvgIpc) is 3.29. The van der Waals surface area contributed by atoms with Gasteiger partial charge in [-0.25, -0.2) is 17.8 Å². The van der Waals surface area contributed by atoms with Crippen LogP contribution in [0.3, 0.4) is 0 Å². The van der Waals surface area contributed by atoms with E-state index in [9.17, 15) is 17.6 Å². The number of pyridine rings is 2. The molecule has 30 heavy (non-hydrogen) atoms. The van der Waals surface area contributed by atoms with E-state index in [-0.39, 0.29) is 30.4 Å². The zero-order valence-electron chi connectivity index (χ0n) is 15.6. The summed E-state index contributed by atoms with van der Waals surface area (Å²) in [6, 6.07) is 5.89. The van der Waals surface area contributed by atoms with Crippen LogP contribution in [0.4, 0.5) is 4.39 Å². The first-order valence-electron chi connectivity index (χ1n) is 9.27. The van der Waals surface area contributed by atoms with Crippen LogP contribution < -0.4 is 0 Å². The predicted octanol–water partition coefficient (Wildman–Crippen LogP) is 1.46. The lowest BCUT2D eigenvalue weighted by Crippen LogP contribution is -2.67. The first kappa shape index (κ1) is 18.8. The lowest BCUT2D eigenvalue weighted by atomic mass is 9.83. The first-order chi connectivity index (χ1) is 14.4. The van der Waals surface area contributed by atoms with E-state index in [0.29, 0.717) is 17.8 Å². The largest absolute Gasteiger partial charge is 0.339 e. The Hall–Kier alpha value is -3.21. The van der Waals surface area contributed by atoms with Gasteiger partial charge < -0.3 is 9.42 Å². The molecule has 1 unspecified atom stereocenters. The normalized spacial score (nSPS) is 21.5. The number of nitrogens with zero attached hydrogens (tertiary/aromatic N) is 5. The Morgan fingerprint density at radius 3 is 2.67 bits per heavy atom. The molecule has 0 bridgehead atoms. The van der Waals surface area contributed by atoms with Gasteiger partial charge >= 0.3 is 0 Å². The van der Waals surface area contributed by atoms with E-state index in [1.54, 1.807) is 24.5 Å². The molecule has 2 aliphatic heterocycles. The van der Waals surface area contributed by atoms with Gasteiger partial charge in [-0.15, -0.1) is 0 Å². The van der Waals surface area contributed by atoms with Gasteiger partial charge in [-0.05, 0) is 30.7 Å². The molecular weight excluding hydrogens is 413 g/mol. The Morgan fingerprint density at radius 1 is 1.20 bits per heavy atom. The second-order valence-electron chi connectivity index (χ2n) is 7.44. The quantitative estimate of drug-likeness (QED) is 0.614. The molecule has 9 nitrogen and oxygen atoms in total. The van der Waals surface area contributed by atoms with Crippen molar-refractivity contribution in [3.8, 4) is 11.4 Å². The lowest BCUT2D eigenvalue weighted by Gasteiger charge is -2.48. The van der Waals surface area contributed by atoms with Crippen LogP contribution in [-0.4, -0.2) is 62.9 Å². The van der Waals surface area contributed by atoms with Crippen molar-refractivity contribution < 1.29 is 22.1 Å². The maximum atomic E-state index is 13.1. The number of sulfone groups is 1. The molecule has 0 aromatic carbocycles. The molecule has 154 valence electrons. The second-order valence-corrected chi connectivity index (χ2v) is 9.89. The van der Waals surface area contributed by atoms with E-state index < -0.39 is 32.2 Å². The van der Waals surface area contributed by atoms with E-state index >= 15 is 0 Å². The van der Waals surface area contributed by atoms with Crippen LogP contribution in [-0.2, 0) is 9.84 Å². The molecule has 1 atom stereocenters. The molecule has 0 saturated carbocycles. The van der Waals surface area contributed by atoms with Crippen molar-refractivity contribution in [1.29, 1.82) is 0 Å². The smallest absolute Gasteiger partial charge is 0.272 e. The fraction of sp³-hybridized carbons (Fsp3) is 0.316. The highest BCUT2D eigenvalue weighted by Crippen LogP contribution is 2.49. The van der Waals surface area contributed by atoms with E-state index in [1.165, 1.54) is 11.0 Å². The molecule has 1 amide bonds. The summed E-state index contributed by atoms with van der Waals surface area (Å²) in [6.07, 6.45) is 4.51. The number of aromatic nitrogens is 4. The number of hydrogen-bond acceptors (Lipinski definition) is 8. The van der Waals surface area contributed by atoms with Crippen molar-refractivity contribution in [2.24, 2.45) is 0 Å². The fourth-order valence-electron chi connectivity index (χ4n) is 4.12. The second kappa shape index (κ2) is 6.66. The van der Waals surface area contributed by atoms with Gasteiger partial charge in [0, 0.05) is 31.0 Å². The van der Waals surface area contributed by atoms with Gasteiger partial charge in [0.05, 0.1) is 17.9 Å². The average molecular weight is 429 g/mol. The molecule has 3 aromatic heterocycles. The minimum Gasteiger partial charge on any atom is -0.339 e. The molecule has 1 spiro atoms. The van der Waals surface area contributed by atoms with Crippen LogP contribution >= 0.6 is 0 Å². The molecule has 0 radical (unpaired) electrons. The van der Waals surface area contributed by atoms with Crippen molar-refractivity contribution in [3.05, 3.63) is 60.3 Å². The molecule has 5 heterocycles. The first-order valence-corrected chi connectivity index (χ1v) is 10.9. The van der Waals surface area contributed by atoms with Crippen LogP contribution in [0.2, 0.25) is 0 Å². The van der Waals surface area contributed by atoms with Crippen LogP contribution in [0.25, 0.3) is 11.4 Å². The summed E-state index contributed by atoms with van der Waals surface area (Å²) >= 11 is 0. The number of halogens is 1. The van der Waals surface area contributed by atoms with Crippen LogP contribution in [0.5, 0.6) is 0 Å². The molecule has 3 aromatic rings. The molecule has 2 fully saturated rings. The zero-order chi connectivity index (χ0) is 20.9. The van der Waals surface area contributed by atoms with Crippen LogP contribution in [0.15, 0.2) is 47.4 Å². The monoisotopic (exact) mass is 429 g/mol. The summed E-state index contributed by atoms with van der Waals surface area (Å²) in [5.74, 6) is -0.905. The highest BCUT2D eigenvalue weighted by atomic mass is 32.2. The van der Waals surface area contributed by atoms with Gasteiger partial charge in [0.2, 0.25) is 11.7 Å². The van der Waals surface area contributed by atoms with Gasteiger partial charge in [-0.2, -0.15) is 4.98 Å². The van der Waals surface area contributed by atoms with E-state index in [2.05, 4.69) is 20.1 Å². The minimum atomic E-state index is -3.47. The summed E-state index contributed by atoms with van der Waals surface area (Å²) in [7, 11) is -3.47. The van der Waals surface area contributed by atoms with Crippen molar-refractivity contribution >= 4 is 15.7 Å². The van der Waals surface area contributed by atoms with Gasteiger partial charge in [-0.3, -0.25) is 9.78 Å². The Morgan fingerprint density at radius 2 is 1.97 bits per heavy atom. The predicted molar refractivity (Wildman–Crippen MR) is 102 cm³/mol. The number of carbonyl (C=O) groups excluding carboxylic acids is 1. The molecule has 2 saturated heterocycles. The van der Waals surface area contributed by atoms with Crippen molar-refractivity contribution in [3.63, 3.8) is 0 Å². The van der Waals surface area contributed by atoms with E-state index in [1.807, 2.05) is 0 Å². The highest BCUT2D eigenvalue weighted by Gasteiger charge is 2.64. The van der Waals surface area contributed by atoms with Gasteiger partial charge in [0.1, 0.15) is 16.3 Å². The van der Waals surface area contributed by atoms with Gasteiger partial charge in [-0.1, -0.05) is 5.16 Å². The number of rotatable bonds is 3. The summed E-state index contributed by atoms with van der Waals surface area (Å²) in [6.45, 7) is 0.00964. The molecule has 0 aliphatic carbocycles. The van der Waals surface area contributed by atoms with E-state index in [4.69, 9.17) is 4.52 Å². The van der Waals surface area contributed by atoms with Gasteiger partial charge in [0.25, 0.3) is 5.91 Å². The molecule has 0 N–H and O–H groups in total. The Labute approximate surface area is 170 Å². The Bertz CT molecular complexity index is 1210. The summed E-state index contributed by atoms with van der Waals surface area (Å²) in [5, 5.41) is 3.98. The minimum absolute atomic E-state index is 0.00482. The third-order valence-corrected chi connectivity index (χ3v) is 8.31. The topological polar surface area (TPSA) is 119 Å². The summed E-state index contributed by atoms with van der Waals surface area (Å²) in [5.41, 5.74) is 0.777. The number of hydrogen-bond donors (Lipinski definition) is 0. The van der Waals surface area contributed by atoms with E-state index in [0.717, 1.165) is 12.3 Å². The number of carbonyl (C=O) groups is 1. The highest BCUT2D eigenvalue weighted by molar-refractivity contribution is 7.93. The zero-order valence-corrected chi connectivity index (χ0v) is 16.4. The fourth-order valence-corrected chi connectivity index (χ4v) is 6.43. The molecular formula is C19H16FN5O4S. The number of amides is 1. The van der Waals surface area contributed by atoms with Crippen molar-refractivity contribution in [2.45, 2.75) is 17.1 Å². The van der Waals surface area contributed by atoms with Crippen molar-refractivity contribution in [1.82, 2.24) is 25.0 Å². The molecule has 2 aliphatic rings. The van der Waals surface area contributed by atoms with Crippen molar-refractivity contribution in [2.75, 3.05) is 18.8 Å². The maximum Gasteiger partial charge on any atom is 0.272 e. The van der Waals surface area contributed by atoms with Gasteiger partial charge in [0.15, 0.2) is 9.84 Å². The molecule has 11 heteroatoms. The SMILES string of the molecule is O=C(c1ccc(F)cn1)N1CC2(C1)C(c1nc(-c3ccncc3)no1)CCS2(=O)=O. The summed E-state index contributed by atoms with van der Waals surface area (Å²) < 4.78 is 43.1. The Balaban J connectivity index is 1.41. The maximum absolute atomic E-state index is 13.1. The third-order valence-electron chi connectivity index (χ3n) is 5.76. The summed E-state index contributed by atoms with van der Waals surface area (Å²) in [4.78, 5) is 26.2. The third kappa shape index (κ3) is 2.80. The standard InChI is InChI=1S/C19H16FN5O4S/c20-13-1-2-15(22-9-13)18(26)25-10-19(11-25)14(5-8-30(19,27)28)17-23-16(24-29-17)12-3-6-21-7-4-12/h1-4,6-7,9,14H,5,8,10-11H2. The Kier molecular flexibility index (Phi) is 4.17.